The minimum Gasteiger partial charge on any atom is -0.369 e. The summed E-state index contributed by atoms with van der Waals surface area (Å²) in [5.74, 6) is -1.51. The number of hydrogen-bond acceptors (Lipinski definition) is 5. The first-order valence-electron chi connectivity index (χ1n) is 10.5. The predicted molar refractivity (Wildman–Crippen MR) is 124 cm³/mol. The van der Waals surface area contributed by atoms with Crippen molar-refractivity contribution in [1.29, 1.82) is 0 Å². The molecule has 0 aliphatic carbocycles. The Labute approximate surface area is 212 Å². The summed E-state index contributed by atoms with van der Waals surface area (Å²) in [6.45, 7) is 0. The minimum absolute atomic E-state index is 0.0363. The number of anilines is 1. The number of sulfonamides is 1. The quantitative estimate of drug-likeness (QED) is 0.265. The molecule has 0 spiro atoms. The van der Waals surface area contributed by atoms with Gasteiger partial charge in [0.05, 0.1) is 15.8 Å². The molecule has 0 atom stereocenters. The van der Waals surface area contributed by atoms with Crippen molar-refractivity contribution in [3.8, 4) is 11.1 Å². The molecule has 0 bridgehead atoms. The molecule has 0 saturated heterocycles. The van der Waals surface area contributed by atoms with E-state index in [-0.39, 0.29) is 39.2 Å². The van der Waals surface area contributed by atoms with Crippen LogP contribution < -0.4 is 16.0 Å². The number of hydrogen-bond donors (Lipinski definition) is 4. The number of aromatic amines is 2. The molecule has 39 heavy (non-hydrogen) atoms. The lowest BCUT2D eigenvalue weighted by atomic mass is 9.90. The van der Waals surface area contributed by atoms with Crippen LogP contribution in [0, 0.1) is 5.82 Å². The van der Waals surface area contributed by atoms with E-state index in [4.69, 9.17) is 0 Å². The second-order valence-electron chi connectivity index (χ2n) is 8.20. The number of alkyl halides is 6. The molecule has 3 aromatic carbocycles. The largest absolute Gasteiger partial charge is 0.430 e. The maximum Gasteiger partial charge on any atom is 0.430 e. The molecule has 4 N–H and O–H groups in total. The predicted octanol–water partition coefficient (Wildman–Crippen LogP) is 4.14. The zero-order chi connectivity index (χ0) is 29.0. The van der Waals surface area contributed by atoms with Crippen LogP contribution in [0.1, 0.15) is 5.56 Å². The van der Waals surface area contributed by atoms with Crippen molar-refractivity contribution >= 4 is 26.6 Å². The molecule has 8 nitrogen and oxygen atoms in total. The summed E-state index contributed by atoms with van der Waals surface area (Å²) < 4.78 is 121. The van der Waals surface area contributed by atoms with E-state index in [2.05, 4.69) is 9.71 Å². The van der Waals surface area contributed by atoms with Gasteiger partial charge in [-0.25, -0.2) is 17.6 Å². The highest BCUT2D eigenvalue weighted by Crippen LogP contribution is 2.50. The van der Waals surface area contributed by atoms with Crippen LogP contribution in [0.15, 0.2) is 75.1 Å². The Bertz CT molecular complexity index is 1780. The summed E-state index contributed by atoms with van der Waals surface area (Å²) >= 11 is 0. The van der Waals surface area contributed by atoms with E-state index >= 15 is 0 Å². The topological polar surface area (TPSA) is 132 Å². The van der Waals surface area contributed by atoms with E-state index in [9.17, 15) is 53.8 Å². The van der Waals surface area contributed by atoms with Gasteiger partial charge in [-0.15, -0.1) is 0 Å². The Morgan fingerprint density at radius 1 is 0.795 bits per heavy atom. The third kappa shape index (κ3) is 4.99. The van der Waals surface area contributed by atoms with Crippen molar-refractivity contribution in [2.45, 2.75) is 22.8 Å². The number of aliphatic hydroxyl groups is 1. The summed E-state index contributed by atoms with van der Waals surface area (Å²) in [6, 6.07) is 8.73. The zero-order valence-corrected chi connectivity index (χ0v) is 19.7. The van der Waals surface area contributed by atoms with Gasteiger partial charge in [-0.1, -0.05) is 24.3 Å². The molecule has 0 radical (unpaired) electrons. The molecule has 4 rings (SSSR count). The number of aromatic nitrogens is 2. The number of rotatable bonds is 5. The lowest BCUT2D eigenvalue weighted by Crippen LogP contribution is -2.53. The lowest BCUT2D eigenvalue weighted by Gasteiger charge is -2.32. The molecule has 206 valence electrons. The number of fused-ring (bicyclic) bond motifs is 1. The van der Waals surface area contributed by atoms with Gasteiger partial charge in [0.15, 0.2) is 0 Å². The fourth-order valence-electron chi connectivity index (χ4n) is 3.71. The van der Waals surface area contributed by atoms with E-state index in [0.717, 1.165) is 36.4 Å². The van der Waals surface area contributed by atoms with Crippen LogP contribution in [-0.4, -0.2) is 35.8 Å². The van der Waals surface area contributed by atoms with Crippen molar-refractivity contribution < 1.29 is 44.3 Å². The lowest BCUT2D eigenvalue weighted by molar-refractivity contribution is -0.376. The minimum atomic E-state index is -6.19. The maximum absolute atomic E-state index is 14.6. The van der Waals surface area contributed by atoms with E-state index in [1.165, 1.54) is 6.07 Å². The first-order chi connectivity index (χ1) is 17.9. The Hall–Kier alpha value is -4.18. The van der Waals surface area contributed by atoms with Gasteiger partial charge in [0.2, 0.25) is 0 Å². The monoisotopic (exact) mass is 577 g/mol. The Balaban J connectivity index is 1.62. The second-order valence-corrected chi connectivity index (χ2v) is 9.88. The molecule has 1 aromatic heterocycles. The fraction of sp³-hybridized carbons (Fsp3) is 0.130. The van der Waals surface area contributed by atoms with Gasteiger partial charge < -0.3 is 10.1 Å². The van der Waals surface area contributed by atoms with E-state index in [0.29, 0.717) is 6.07 Å². The van der Waals surface area contributed by atoms with Gasteiger partial charge in [-0.3, -0.25) is 14.5 Å². The van der Waals surface area contributed by atoms with Gasteiger partial charge in [-0.05, 0) is 42.0 Å². The van der Waals surface area contributed by atoms with E-state index < -0.39 is 56.2 Å². The molecule has 0 fully saturated rings. The Morgan fingerprint density at radius 3 is 1.97 bits per heavy atom. The molecule has 16 heteroatoms. The fourth-order valence-corrected chi connectivity index (χ4v) is 4.79. The Morgan fingerprint density at radius 2 is 1.41 bits per heavy atom. The van der Waals surface area contributed by atoms with Crippen LogP contribution in [0.25, 0.3) is 22.0 Å². The molecule has 0 unspecified atom stereocenters. The van der Waals surface area contributed by atoms with Gasteiger partial charge in [0, 0.05) is 16.8 Å². The average Bonchev–Trinajstić information content (AvgIpc) is 2.82. The van der Waals surface area contributed by atoms with Crippen LogP contribution in [0.5, 0.6) is 0 Å². The maximum atomic E-state index is 14.6. The first kappa shape index (κ1) is 27.8. The van der Waals surface area contributed by atoms with Crippen molar-refractivity contribution in [3.63, 3.8) is 0 Å². The van der Waals surface area contributed by atoms with Crippen molar-refractivity contribution in [1.82, 2.24) is 9.97 Å². The SMILES string of the molecule is O=c1[nH]c(=O)c2cc(S(=O)(=O)Nc3ccc(-c4ccc(C(O)(C(F)(F)F)C(F)(F)F)cc4F)cc3)ccc2[nH]1. The van der Waals surface area contributed by atoms with Gasteiger partial charge >= 0.3 is 18.0 Å². The molecule has 1 heterocycles. The molecule has 0 amide bonds. The van der Waals surface area contributed by atoms with Crippen LogP contribution in [0.2, 0.25) is 0 Å². The highest BCUT2D eigenvalue weighted by Gasteiger charge is 2.71. The molecule has 0 saturated carbocycles. The van der Waals surface area contributed by atoms with Crippen LogP contribution in [0.3, 0.4) is 0 Å². The molecule has 0 aliphatic heterocycles. The number of nitrogens with one attached hydrogen (secondary N) is 3. The van der Waals surface area contributed by atoms with Crippen LogP contribution in [-0.2, 0) is 15.6 Å². The second kappa shape index (κ2) is 9.23. The molecular formula is C23H14F7N3O5S. The average molecular weight is 577 g/mol. The summed E-state index contributed by atoms with van der Waals surface area (Å²) in [5.41, 5.74) is -9.13. The zero-order valence-electron chi connectivity index (χ0n) is 18.9. The third-order valence-corrected chi connectivity index (χ3v) is 7.06. The molecule has 4 aromatic rings. The third-order valence-electron chi connectivity index (χ3n) is 5.68. The van der Waals surface area contributed by atoms with Gasteiger partial charge in [0.1, 0.15) is 5.82 Å². The van der Waals surface area contributed by atoms with Crippen LogP contribution >= 0.6 is 0 Å². The summed E-state index contributed by atoms with van der Waals surface area (Å²) in [7, 11) is -4.28. The first-order valence-corrected chi connectivity index (χ1v) is 12.0. The van der Waals surface area contributed by atoms with Crippen molar-refractivity contribution in [3.05, 3.63) is 92.9 Å². The highest BCUT2D eigenvalue weighted by molar-refractivity contribution is 7.92. The number of benzene rings is 3. The summed E-state index contributed by atoms with van der Waals surface area (Å²) in [4.78, 5) is 27.3. The standard InChI is InChI=1S/C23H14F7N3O5S/c24-17-9-12(21(36,22(25,26)27)23(28,29)30)3-7-15(17)11-1-4-13(5-2-11)33-39(37,38)14-6-8-18-16(10-14)19(34)32-20(35)31-18/h1-10,33,36H,(H2,31,32,34,35). The molecular weight excluding hydrogens is 563 g/mol. The van der Waals surface area contributed by atoms with Gasteiger partial charge in [0.25, 0.3) is 21.2 Å². The van der Waals surface area contributed by atoms with Crippen LogP contribution in [0.4, 0.5) is 36.4 Å². The highest BCUT2D eigenvalue weighted by atomic mass is 32.2. The Kier molecular flexibility index (Phi) is 6.59. The summed E-state index contributed by atoms with van der Waals surface area (Å²) in [6.07, 6.45) is -12.4. The smallest absolute Gasteiger partial charge is 0.369 e. The van der Waals surface area contributed by atoms with Gasteiger partial charge in [-0.2, -0.15) is 26.3 Å². The number of halogens is 7. The van der Waals surface area contributed by atoms with Crippen molar-refractivity contribution in [2.75, 3.05) is 4.72 Å². The van der Waals surface area contributed by atoms with E-state index in [1.54, 1.807) is 0 Å². The van der Waals surface area contributed by atoms with Crippen molar-refractivity contribution in [2.24, 2.45) is 0 Å². The normalized spacial score (nSPS) is 13.0. The van der Waals surface area contributed by atoms with E-state index in [1.807, 2.05) is 4.98 Å². The number of H-pyrrole nitrogens is 2. The molecule has 0 aliphatic rings. The summed E-state index contributed by atoms with van der Waals surface area (Å²) in [5, 5.41) is 9.33.